The molecule has 0 aliphatic carbocycles. The number of benzene rings is 1. The van der Waals surface area contributed by atoms with Gasteiger partial charge in [0, 0.05) is 22.2 Å². The van der Waals surface area contributed by atoms with Crippen LogP contribution in [0.2, 0.25) is 0 Å². The van der Waals surface area contributed by atoms with E-state index >= 15 is 0 Å². The fraction of sp³-hybridized carbons (Fsp3) is 0.500. The lowest BCUT2D eigenvalue weighted by atomic mass is 9.98. The molecular weight excluding hydrogens is 341 g/mol. The number of amides is 1. The number of aliphatic hydroxyl groups is 1. The van der Waals surface area contributed by atoms with Gasteiger partial charge in [0.15, 0.2) is 0 Å². The zero-order valence-corrected chi connectivity index (χ0v) is 12.7. The van der Waals surface area contributed by atoms with E-state index in [-0.39, 0.29) is 5.91 Å². The third-order valence-corrected chi connectivity index (χ3v) is 4.09. The van der Waals surface area contributed by atoms with Gasteiger partial charge in [-0.25, -0.2) is 0 Å². The number of likely N-dealkylation sites (tertiary alicyclic amines) is 1. The Morgan fingerprint density at radius 1 is 1.39 bits per heavy atom. The molecule has 1 aromatic rings. The van der Waals surface area contributed by atoms with Gasteiger partial charge < -0.3 is 10.0 Å². The number of carbonyl (C=O) groups is 1. The molecule has 1 aromatic carbocycles. The Hall–Kier alpha value is -0.620. The fourth-order valence-electron chi connectivity index (χ4n) is 2.27. The highest BCUT2D eigenvalue weighted by Crippen LogP contribution is 2.22. The summed E-state index contributed by atoms with van der Waals surface area (Å²) in [7, 11) is 0. The van der Waals surface area contributed by atoms with Crippen LogP contribution in [-0.2, 0) is 0 Å². The standard InChI is InChI=1S/C14H18INO2/c1-14(18)6-3-8-16(9-7-14)13(17)11-4-2-5-12(15)10-11/h2,4-5,10,18H,3,6-9H2,1H3. The molecule has 1 unspecified atom stereocenters. The predicted molar refractivity (Wildman–Crippen MR) is 79.5 cm³/mol. The molecule has 0 radical (unpaired) electrons. The van der Waals surface area contributed by atoms with Gasteiger partial charge in [-0.1, -0.05) is 6.07 Å². The Kier molecular flexibility index (Phi) is 4.27. The van der Waals surface area contributed by atoms with Crippen molar-refractivity contribution < 1.29 is 9.90 Å². The number of hydrogen-bond acceptors (Lipinski definition) is 2. The van der Waals surface area contributed by atoms with Gasteiger partial charge in [-0.15, -0.1) is 0 Å². The van der Waals surface area contributed by atoms with Crippen molar-refractivity contribution in [1.82, 2.24) is 4.90 Å². The first-order valence-electron chi connectivity index (χ1n) is 6.25. The summed E-state index contributed by atoms with van der Waals surface area (Å²) in [6.45, 7) is 3.23. The van der Waals surface area contributed by atoms with Crippen molar-refractivity contribution in [3.05, 3.63) is 33.4 Å². The Balaban J connectivity index is 2.10. The summed E-state index contributed by atoms with van der Waals surface area (Å²) in [5.41, 5.74) is 0.114. The van der Waals surface area contributed by atoms with Crippen LogP contribution in [0.25, 0.3) is 0 Å². The van der Waals surface area contributed by atoms with Crippen molar-refractivity contribution in [2.45, 2.75) is 31.8 Å². The van der Waals surface area contributed by atoms with Gasteiger partial charge in [0.2, 0.25) is 0 Å². The van der Waals surface area contributed by atoms with E-state index in [1.807, 2.05) is 36.1 Å². The minimum Gasteiger partial charge on any atom is -0.390 e. The lowest BCUT2D eigenvalue weighted by Gasteiger charge is -2.22. The largest absolute Gasteiger partial charge is 0.390 e. The molecule has 2 rings (SSSR count). The molecule has 0 aromatic heterocycles. The van der Waals surface area contributed by atoms with E-state index in [1.54, 1.807) is 0 Å². The molecule has 98 valence electrons. The van der Waals surface area contributed by atoms with Crippen LogP contribution >= 0.6 is 22.6 Å². The summed E-state index contributed by atoms with van der Waals surface area (Å²) in [6.07, 6.45) is 2.29. The molecule has 4 heteroatoms. The Morgan fingerprint density at radius 3 is 2.89 bits per heavy atom. The predicted octanol–water partition coefficient (Wildman–Crippen LogP) is 2.67. The van der Waals surface area contributed by atoms with E-state index < -0.39 is 5.60 Å². The van der Waals surface area contributed by atoms with E-state index in [4.69, 9.17) is 0 Å². The molecule has 1 fully saturated rings. The van der Waals surface area contributed by atoms with E-state index in [0.717, 1.165) is 28.5 Å². The molecule has 3 nitrogen and oxygen atoms in total. The molecule has 0 spiro atoms. The first-order chi connectivity index (χ1) is 8.48. The summed E-state index contributed by atoms with van der Waals surface area (Å²) < 4.78 is 1.07. The summed E-state index contributed by atoms with van der Waals surface area (Å²) in [5, 5.41) is 10.0. The second-order valence-corrected chi connectivity index (χ2v) is 6.40. The molecule has 1 saturated heterocycles. The first kappa shape index (κ1) is 13.8. The monoisotopic (exact) mass is 359 g/mol. The van der Waals surface area contributed by atoms with E-state index in [9.17, 15) is 9.90 Å². The van der Waals surface area contributed by atoms with Gasteiger partial charge in [0.25, 0.3) is 5.91 Å². The fourth-order valence-corrected chi connectivity index (χ4v) is 2.81. The first-order valence-corrected chi connectivity index (χ1v) is 7.33. The van der Waals surface area contributed by atoms with E-state index in [0.29, 0.717) is 13.0 Å². The SMILES string of the molecule is CC1(O)CCCN(C(=O)c2cccc(I)c2)CC1. The van der Waals surface area contributed by atoms with Crippen molar-refractivity contribution in [2.24, 2.45) is 0 Å². The summed E-state index contributed by atoms with van der Waals surface area (Å²) in [5.74, 6) is 0.0752. The van der Waals surface area contributed by atoms with Crippen molar-refractivity contribution in [3.8, 4) is 0 Å². The van der Waals surface area contributed by atoms with Crippen LogP contribution < -0.4 is 0 Å². The Labute approximate surface area is 121 Å². The third-order valence-electron chi connectivity index (χ3n) is 3.42. The number of nitrogens with zero attached hydrogens (tertiary/aromatic N) is 1. The van der Waals surface area contributed by atoms with Gasteiger partial charge in [0.05, 0.1) is 5.60 Å². The average molecular weight is 359 g/mol. The van der Waals surface area contributed by atoms with Crippen LogP contribution in [0.3, 0.4) is 0 Å². The highest BCUT2D eigenvalue weighted by molar-refractivity contribution is 14.1. The molecule has 18 heavy (non-hydrogen) atoms. The minimum absolute atomic E-state index is 0.0752. The molecule has 1 aliphatic heterocycles. The topological polar surface area (TPSA) is 40.5 Å². The molecule has 1 aliphatic rings. The Bertz CT molecular complexity index is 445. The molecule has 1 amide bonds. The summed E-state index contributed by atoms with van der Waals surface area (Å²) in [6, 6.07) is 7.65. The second-order valence-electron chi connectivity index (χ2n) is 5.15. The van der Waals surface area contributed by atoms with Crippen LogP contribution in [0.1, 0.15) is 36.5 Å². The van der Waals surface area contributed by atoms with Crippen LogP contribution in [-0.4, -0.2) is 34.6 Å². The molecule has 0 saturated carbocycles. The second kappa shape index (κ2) is 5.57. The third kappa shape index (κ3) is 3.45. The van der Waals surface area contributed by atoms with Gasteiger partial charge in [-0.2, -0.15) is 0 Å². The van der Waals surface area contributed by atoms with Crippen LogP contribution in [0.15, 0.2) is 24.3 Å². The lowest BCUT2D eigenvalue weighted by molar-refractivity contribution is 0.0438. The van der Waals surface area contributed by atoms with Crippen molar-refractivity contribution in [1.29, 1.82) is 0 Å². The molecule has 0 bridgehead atoms. The highest BCUT2D eigenvalue weighted by Gasteiger charge is 2.27. The molecule has 1 atom stereocenters. The van der Waals surface area contributed by atoms with Crippen LogP contribution in [0.5, 0.6) is 0 Å². The molecule has 1 N–H and O–H groups in total. The van der Waals surface area contributed by atoms with Gasteiger partial charge in [0.1, 0.15) is 0 Å². The number of rotatable bonds is 1. The van der Waals surface area contributed by atoms with Crippen LogP contribution in [0, 0.1) is 3.57 Å². The summed E-state index contributed by atoms with van der Waals surface area (Å²) >= 11 is 2.21. The zero-order chi connectivity index (χ0) is 13.2. The highest BCUT2D eigenvalue weighted by atomic mass is 127. The number of carbonyl (C=O) groups excluding carboxylic acids is 1. The lowest BCUT2D eigenvalue weighted by Crippen LogP contribution is -2.33. The average Bonchev–Trinajstić information content (AvgIpc) is 2.49. The maximum Gasteiger partial charge on any atom is 0.253 e. The van der Waals surface area contributed by atoms with E-state index in [1.165, 1.54) is 0 Å². The van der Waals surface area contributed by atoms with E-state index in [2.05, 4.69) is 22.6 Å². The van der Waals surface area contributed by atoms with Crippen molar-refractivity contribution >= 4 is 28.5 Å². The van der Waals surface area contributed by atoms with Gasteiger partial charge >= 0.3 is 0 Å². The normalized spacial score (nSPS) is 24.7. The number of hydrogen-bond donors (Lipinski definition) is 1. The van der Waals surface area contributed by atoms with Gasteiger partial charge in [-0.05, 0) is 67.0 Å². The quantitative estimate of drug-likeness (QED) is 0.784. The summed E-state index contributed by atoms with van der Waals surface area (Å²) in [4.78, 5) is 14.2. The minimum atomic E-state index is -0.625. The van der Waals surface area contributed by atoms with Crippen molar-refractivity contribution in [3.63, 3.8) is 0 Å². The molecular formula is C14H18INO2. The Morgan fingerprint density at radius 2 is 2.17 bits per heavy atom. The maximum absolute atomic E-state index is 12.4. The maximum atomic E-state index is 12.4. The van der Waals surface area contributed by atoms with Gasteiger partial charge in [-0.3, -0.25) is 4.79 Å². The van der Waals surface area contributed by atoms with Crippen LogP contribution in [0.4, 0.5) is 0 Å². The number of halogens is 1. The molecule has 1 heterocycles. The zero-order valence-electron chi connectivity index (χ0n) is 10.5. The van der Waals surface area contributed by atoms with Crippen molar-refractivity contribution in [2.75, 3.05) is 13.1 Å². The smallest absolute Gasteiger partial charge is 0.253 e.